The molecule has 0 aromatic carbocycles. The third kappa shape index (κ3) is 2.53. The number of carbonyl (C=O) groups excluding carboxylic acids is 2. The highest BCUT2D eigenvalue weighted by Crippen LogP contribution is 2.67. The molecule has 0 N–H and O–H groups in total. The molecule has 0 bridgehead atoms. The Kier molecular flexibility index (Phi) is 4.53. The fourth-order valence-corrected chi connectivity index (χ4v) is 9.02. The molecule has 4 fully saturated rings. The lowest BCUT2D eigenvalue weighted by atomic mass is 9.45. The maximum atomic E-state index is 12.3. The highest BCUT2D eigenvalue weighted by molar-refractivity contribution is 8.14. The molecule has 4 aliphatic rings. The van der Waals surface area contributed by atoms with Gasteiger partial charge in [0.15, 0.2) is 5.12 Å². The van der Waals surface area contributed by atoms with Crippen LogP contribution in [0.1, 0.15) is 72.6 Å². The Hall–Kier alpha value is -0.510. The van der Waals surface area contributed by atoms with Crippen LogP contribution in [-0.2, 0) is 9.59 Å². The second-order valence-corrected chi connectivity index (χ2v) is 11.6. The molecule has 3 saturated carbocycles. The van der Waals surface area contributed by atoms with Crippen molar-refractivity contribution in [3.63, 3.8) is 0 Å². The van der Waals surface area contributed by atoms with Gasteiger partial charge in [0, 0.05) is 31.7 Å². The second-order valence-electron chi connectivity index (χ2n) is 10.2. The first kappa shape index (κ1) is 18.8. The zero-order valence-corrected chi connectivity index (χ0v) is 17.9. The van der Waals surface area contributed by atoms with E-state index in [4.69, 9.17) is 0 Å². The highest BCUT2D eigenvalue weighted by atomic mass is 32.2. The maximum Gasteiger partial charge on any atom is 0.222 e. The van der Waals surface area contributed by atoms with Crippen LogP contribution in [0.3, 0.4) is 0 Å². The molecule has 1 heterocycles. The largest absolute Gasteiger partial charge is 0.342 e. The van der Waals surface area contributed by atoms with Crippen LogP contribution in [0.2, 0.25) is 0 Å². The van der Waals surface area contributed by atoms with Crippen LogP contribution in [0.5, 0.6) is 0 Å². The van der Waals surface area contributed by atoms with Crippen LogP contribution in [-0.4, -0.2) is 34.3 Å². The molecule has 0 aromatic heterocycles. The van der Waals surface area contributed by atoms with Crippen molar-refractivity contribution < 1.29 is 9.59 Å². The fraction of sp³-hybridized carbons (Fsp3) is 0.909. The van der Waals surface area contributed by atoms with Crippen molar-refractivity contribution >= 4 is 22.8 Å². The van der Waals surface area contributed by atoms with Crippen molar-refractivity contribution in [3.05, 3.63) is 0 Å². The van der Waals surface area contributed by atoms with Crippen LogP contribution < -0.4 is 0 Å². The van der Waals surface area contributed by atoms with E-state index in [9.17, 15) is 9.59 Å². The summed E-state index contributed by atoms with van der Waals surface area (Å²) in [5.74, 6) is 3.30. The van der Waals surface area contributed by atoms with Crippen molar-refractivity contribution in [2.45, 2.75) is 83.9 Å². The average molecular weight is 378 g/mol. The van der Waals surface area contributed by atoms with Crippen molar-refractivity contribution in [1.29, 1.82) is 0 Å². The second kappa shape index (κ2) is 6.25. The van der Waals surface area contributed by atoms with Crippen LogP contribution in [0.25, 0.3) is 0 Å². The van der Waals surface area contributed by atoms with Crippen molar-refractivity contribution in [2.24, 2.45) is 34.5 Å². The van der Waals surface area contributed by atoms with Crippen molar-refractivity contribution in [3.8, 4) is 0 Å². The zero-order chi connectivity index (χ0) is 18.9. The number of piperidine rings is 1. The Morgan fingerprint density at radius 3 is 2.50 bits per heavy atom. The van der Waals surface area contributed by atoms with Gasteiger partial charge in [-0.05, 0) is 73.0 Å². The summed E-state index contributed by atoms with van der Waals surface area (Å²) in [6.45, 7) is 9.15. The Morgan fingerprint density at radius 2 is 1.81 bits per heavy atom. The minimum absolute atomic E-state index is 0.285. The van der Waals surface area contributed by atoms with Gasteiger partial charge < -0.3 is 4.90 Å². The van der Waals surface area contributed by atoms with E-state index < -0.39 is 0 Å². The summed E-state index contributed by atoms with van der Waals surface area (Å²) in [5.41, 5.74) is 0.609. The molecule has 1 aliphatic heterocycles. The third-order valence-corrected chi connectivity index (χ3v) is 10.5. The van der Waals surface area contributed by atoms with Gasteiger partial charge in [0.05, 0.1) is 0 Å². The van der Waals surface area contributed by atoms with Gasteiger partial charge in [-0.1, -0.05) is 32.5 Å². The summed E-state index contributed by atoms with van der Waals surface area (Å²) in [5, 5.41) is 0.800. The third-order valence-electron chi connectivity index (χ3n) is 9.15. The standard InChI is InChI=1S/C22H35NO2S/c1-13-12-17-21(3,11-9-19(25)23(17)5)16-8-10-22(4)15(20(13)16)6-7-18(22)26-14(2)24/h13,15-18,20H,6-12H2,1-5H3/t13?,15-,16+,17?,18?,20-,21+,22-/m0/s1. The molecule has 3 nitrogen and oxygen atoms in total. The number of hydrogen-bond acceptors (Lipinski definition) is 3. The van der Waals surface area contributed by atoms with Crippen LogP contribution >= 0.6 is 11.8 Å². The van der Waals surface area contributed by atoms with Gasteiger partial charge in [0.2, 0.25) is 5.91 Å². The smallest absolute Gasteiger partial charge is 0.222 e. The lowest BCUT2D eigenvalue weighted by Crippen LogP contribution is -2.63. The fourth-order valence-electron chi connectivity index (χ4n) is 7.81. The molecule has 1 saturated heterocycles. The lowest BCUT2D eigenvalue weighted by molar-refractivity contribution is -0.164. The number of hydrogen-bond donors (Lipinski definition) is 0. The SMILES string of the molecule is CC(=O)SC1CC[C@H]2[C@@H]3C(C)CC4N(C)C(=O)CC[C@]4(C)[C@@H]3CC[C@]12C. The first-order valence-corrected chi connectivity index (χ1v) is 11.5. The molecular weight excluding hydrogens is 342 g/mol. The average Bonchev–Trinajstić information content (AvgIpc) is 2.90. The Balaban J connectivity index is 1.65. The van der Waals surface area contributed by atoms with E-state index in [-0.39, 0.29) is 10.5 Å². The molecule has 0 aromatic rings. The number of amides is 1. The predicted molar refractivity (Wildman–Crippen MR) is 107 cm³/mol. The molecular formula is C22H35NO2S. The molecule has 26 heavy (non-hydrogen) atoms. The van der Waals surface area contributed by atoms with Crippen molar-refractivity contribution in [1.82, 2.24) is 4.90 Å². The molecule has 4 rings (SSSR count). The van der Waals surface area contributed by atoms with Gasteiger partial charge in [-0.25, -0.2) is 0 Å². The van der Waals surface area contributed by atoms with Crippen LogP contribution in [0.15, 0.2) is 0 Å². The monoisotopic (exact) mass is 377 g/mol. The number of likely N-dealkylation sites (tertiary alicyclic amines) is 1. The summed E-state index contributed by atoms with van der Waals surface area (Å²) < 4.78 is 0. The van der Waals surface area contributed by atoms with Gasteiger partial charge in [0.1, 0.15) is 0 Å². The van der Waals surface area contributed by atoms with E-state index in [0.717, 1.165) is 37.0 Å². The summed E-state index contributed by atoms with van der Waals surface area (Å²) in [4.78, 5) is 26.2. The van der Waals surface area contributed by atoms with E-state index in [1.807, 2.05) is 7.05 Å². The number of thioether (sulfide) groups is 1. The Labute approximate surface area is 163 Å². The van der Waals surface area contributed by atoms with Gasteiger partial charge >= 0.3 is 0 Å². The van der Waals surface area contributed by atoms with Crippen molar-refractivity contribution in [2.75, 3.05) is 7.05 Å². The van der Waals surface area contributed by atoms with E-state index >= 15 is 0 Å². The van der Waals surface area contributed by atoms with Gasteiger partial charge in [-0.3, -0.25) is 9.59 Å². The summed E-state index contributed by atoms with van der Waals surface area (Å²) in [7, 11) is 2.04. The lowest BCUT2D eigenvalue weighted by Gasteiger charge is -2.63. The summed E-state index contributed by atoms with van der Waals surface area (Å²) in [6, 6.07) is 0.424. The summed E-state index contributed by atoms with van der Waals surface area (Å²) >= 11 is 1.62. The number of rotatable bonds is 1. The predicted octanol–water partition coefficient (Wildman–Crippen LogP) is 4.74. The molecule has 3 unspecified atom stereocenters. The molecule has 4 heteroatoms. The maximum absolute atomic E-state index is 12.3. The van der Waals surface area contributed by atoms with E-state index in [0.29, 0.717) is 28.5 Å². The molecule has 1 amide bonds. The highest BCUT2D eigenvalue weighted by Gasteiger charge is 2.62. The van der Waals surface area contributed by atoms with E-state index in [2.05, 4.69) is 25.7 Å². The van der Waals surface area contributed by atoms with Gasteiger partial charge in [0.25, 0.3) is 0 Å². The van der Waals surface area contributed by atoms with E-state index in [1.165, 1.54) is 25.7 Å². The van der Waals surface area contributed by atoms with Crippen LogP contribution in [0.4, 0.5) is 0 Å². The molecule has 3 aliphatic carbocycles. The first-order valence-electron chi connectivity index (χ1n) is 10.6. The zero-order valence-electron chi connectivity index (χ0n) is 17.1. The molecule has 0 radical (unpaired) electrons. The normalized spacial score (nSPS) is 50.8. The summed E-state index contributed by atoms with van der Waals surface area (Å²) in [6.07, 6.45) is 8.01. The quantitative estimate of drug-likeness (QED) is 0.662. The molecule has 0 spiro atoms. The number of nitrogens with zero attached hydrogens (tertiary/aromatic N) is 1. The number of carbonyl (C=O) groups is 2. The molecule has 146 valence electrons. The van der Waals surface area contributed by atoms with Crippen LogP contribution in [0, 0.1) is 34.5 Å². The Bertz CT molecular complexity index is 621. The minimum Gasteiger partial charge on any atom is -0.342 e. The first-order chi connectivity index (χ1) is 12.2. The topological polar surface area (TPSA) is 37.4 Å². The van der Waals surface area contributed by atoms with Gasteiger partial charge in [-0.15, -0.1) is 0 Å². The Morgan fingerprint density at radius 1 is 1.12 bits per heavy atom. The van der Waals surface area contributed by atoms with Gasteiger partial charge in [-0.2, -0.15) is 0 Å². The number of fused-ring (bicyclic) bond motifs is 5. The van der Waals surface area contributed by atoms with E-state index in [1.54, 1.807) is 18.7 Å². The minimum atomic E-state index is 0.285. The molecule has 8 atom stereocenters.